The summed E-state index contributed by atoms with van der Waals surface area (Å²) in [6.07, 6.45) is 2.85. The number of rotatable bonds is 4. The number of nitrogens with one attached hydrogen (secondary N) is 1. The van der Waals surface area contributed by atoms with Gasteiger partial charge in [0.1, 0.15) is 5.69 Å². The van der Waals surface area contributed by atoms with Crippen molar-refractivity contribution in [2.75, 3.05) is 5.32 Å². The molecule has 0 aromatic carbocycles. The van der Waals surface area contributed by atoms with Gasteiger partial charge in [-0.25, -0.2) is 9.37 Å². The van der Waals surface area contributed by atoms with Crippen molar-refractivity contribution in [2.24, 2.45) is 7.05 Å². The molecular formula is C18H12ClFN4O2S. The zero-order valence-electron chi connectivity index (χ0n) is 13.9. The number of aryl methyl sites for hydroxylation is 1. The number of furan rings is 1. The number of carbonyl (C=O) groups is 1. The highest BCUT2D eigenvalue weighted by molar-refractivity contribution is 7.17. The molecule has 4 heterocycles. The van der Waals surface area contributed by atoms with Gasteiger partial charge in [-0.15, -0.1) is 11.3 Å². The predicted octanol–water partition coefficient (Wildman–Crippen LogP) is 4.85. The Morgan fingerprint density at radius 3 is 2.93 bits per heavy atom. The number of carbonyl (C=O) groups excluding carboxylic acids is 1. The second kappa shape index (κ2) is 6.98. The molecule has 0 saturated carbocycles. The Morgan fingerprint density at radius 2 is 2.19 bits per heavy atom. The van der Waals surface area contributed by atoms with Gasteiger partial charge in [-0.2, -0.15) is 5.10 Å². The van der Waals surface area contributed by atoms with Crippen LogP contribution in [0.25, 0.3) is 22.0 Å². The Bertz CT molecular complexity index is 1120. The molecule has 0 aliphatic heterocycles. The van der Waals surface area contributed by atoms with Crippen LogP contribution in [-0.4, -0.2) is 20.7 Å². The van der Waals surface area contributed by atoms with Crippen molar-refractivity contribution in [3.63, 3.8) is 0 Å². The van der Waals surface area contributed by atoms with E-state index in [0.717, 1.165) is 16.6 Å². The van der Waals surface area contributed by atoms with E-state index in [1.165, 1.54) is 17.5 Å². The molecule has 1 amide bonds. The van der Waals surface area contributed by atoms with Crippen molar-refractivity contribution in [3.8, 4) is 22.0 Å². The number of aromatic nitrogens is 3. The monoisotopic (exact) mass is 402 g/mol. The maximum atomic E-state index is 13.8. The normalized spacial score (nSPS) is 10.9. The largest absolute Gasteiger partial charge is 0.463 e. The fraction of sp³-hybridized carbons (Fsp3) is 0.0556. The van der Waals surface area contributed by atoms with Crippen LogP contribution in [0.1, 0.15) is 9.67 Å². The molecule has 9 heteroatoms. The topological polar surface area (TPSA) is 73.0 Å². The first kappa shape index (κ1) is 17.4. The summed E-state index contributed by atoms with van der Waals surface area (Å²) in [5, 5.41) is 7.04. The van der Waals surface area contributed by atoms with E-state index in [2.05, 4.69) is 15.4 Å². The molecule has 1 N–H and O–H groups in total. The second-order valence-electron chi connectivity index (χ2n) is 5.62. The maximum absolute atomic E-state index is 13.8. The van der Waals surface area contributed by atoms with Crippen LogP contribution in [-0.2, 0) is 7.05 Å². The standard InChI is InChI=1S/C18H12ClFN4O2S/c1-24-13(8-12(23-24)14-3-2-6-26-14)15-4-5-16(27-15)18(25)22-17-11(20)7-10(19)9-21-17/h2-9H,1H3,(H,21,22,25). The van der Waals surface area contributed by atoms with Crippen LogP contribution in [0.3, 0.4) is 0 Å². The molecule has 136 valence electrons. The first-order chi connectivity index (χ1) is 13.0. The Balaban J connectivity index is 1.57. The van der Waals surface area contributed by atoms with Gasteiger partial charge in [-0.3, -0.25) is 9.48 Å². The summed E-state index contributed by atoms with van der Waals surface area (Å²) in [5.41, 5.74) is 1.53. The van der Waals surface area contributed by atoms with Gasteiger partial charge in [-0.05, 0) is 36.4 Å². The summed E-state index contributed by atoms with van der Waals surface area (Å²) < 4.78 is 20.9. The van der Waals surface area contributed by atoms with Crippen molar-refractivity contribution in [1.82, 2.24) is 14.8 Å². The van der Waals surface area contributed by atoms with Crippen molar-refractivity contribution in [1.29, 1.82) is 0 Å². The van der Waals surface area contributed by atoms with Crippen molar-refractivity contribution >= 4 is 34.7 Å². The molecule has 27 heavy (non-hydrogen) atoms. The molecule has 0 radical (unpaired) electrons. The van der Waals surface area contributed by atoms with Gasteiger partial charge in [-0.1, -0.05) is 11.6 Å². The molecule has 0 aliphatic rings. The van der Waals surface area contributed by atoms with Crippen LogP contribution in [0.5, 0.6) is 0 Å². The lowest BCUT2D eigenvalue weighted by atomic mass is 10.2. The van der Waals surface area contributed by atoms with Gasteiger partial charge in [0.25, 0.3) is 5.91 Å². The summed E-state index contributed by atoms with van der Waals surface area (Å²) in [5.74, 6) is -0.647. The Kier molecular flexibility index (Phi) is 4.51. The number of hydrogen-bond acceptors (Lipinski definition) is 5. The van der Waals surface area contributed by atoms with E-state index in [1.54, 1.807) is 23.1 Å². The lowest BCUT2D eigenvalue weighted by Gasteiger charge is -2.04. The first-order valence-corrected chi connectivity index (χ1v) is 9.01. The van der Waals surface area contributed by atoms with Gasteiger partial charge in [0, 0.05) is 13.2 Å². The number of pyridine rings is 1. The lowest BCUT2D eigenvalue weighted by Crippen LogP contribution is -2.12. The van der Waals surface area contributed by atoms with Crippen LogP contribution in [0.2, 0.25) is 5.02 Å². The molecule has 0 bridgehead atoms. The fourth-order valence-electron chi connectivity index (χ4n) is 2.52. The highest BCUT2D eigenvalue weighted by Crippen LogP contribution is 2.31. The van der Waals surface area contributed by atoms with Crippen LogP contribution in [0.4, 0.5) is 10.2 Å². The molecule has 0 unspecified atom stereocenters. The SMILES string of the molecule is Cn1nc(-c2ccco2)cc1-c1ccc(C(=O)Nc2ncc(Cl)cc2F)s1. The number of halogens is 2. The molecule has 4 aromatic heterocycles. The van der Waals surface area contributed by atoms with E-state index in [4.69, 9.17) is 16.0 Å². The summed E-state index contributed by atoms with van der Waals surface area (Å²) in [6.45, 7) is 0. The minimum absolute atomic E-state index is 0.160. The zero-order valence-corrected chi connectivity index (χ0v) is 15.5. The smallest absolute Gasteiger partial charge is 0.266 e. The van der Waals surface area contributed by atoms with Crippen LogP contribution in [0.15, 0.2) is 53.3 Å². The number of thiophene rings is 1. The van der Waals surface area contributed by atoms with Crippen LogP contribution in [0, 0.1) is 5.82 Å². The number of hydrogen-bond donors (Lipinski definition) is 1. The number of amides is 1. The zero-order chi connectivity index (χ0) is 19.0. The number of nitrogens with zero attached hydrogens (tertiary/aromatic N) is 3. The molecule has 0 spiro atoms. The molecule has 0 atom stereocenters. The molecule has 4 aromatic rings. The van der Waals surface area contributed by atoms with E-state index in [0.29, 0.717) is 16.3 Å². The average molecular weight is 403 g/mol. The third-order valence-corrected chi connectivity index (χ3v) is 5.09. The minimum Gasteiger partial charge on any atom is -0.463 e. The lowest BCUT2D eigenvalue weighted by molar-refractivity contribution is 0.102. The molecule has 0 fully saturated rings. The third kappa shape index (κ3) is 3.49. The van der Waals surface area contributed by atoms with Gasteiger partial charge in [0.05, 0.1) is 26.7 Å². The van der Waals surface area contributed by atoms with E-state index < -0.39 is 11.7 Å². The average Bonchev–Trinajstić information content (AvgIpc) is 3.36. The third-order valence-electron chi connectivity index (χ3n) is 3.78. The van der Waals surface area contributed by atoms with Crippen LogP contribution < -0.4 is 5.32 Å². The Morgan fingerprint density at radius 1 is 1.33 bits per heavy atom. The highest BCUT2D eigenvalue weighted by atomic mass is 35.5. The highest BCUT2D eigenvalue weighted by Gasteiger charge is 2.17. The maximum Gasteiger partial charge on any atom is 0.266 e. The summed E-state index contributed by atoms with van der Waals surface area (Å²) in [4.78, 5) is 17.5. The fourth-order valence-corrected chi connectivity index (χ4v) is 3.61. The molecule has 0 aliphatic carbocycles. The van der Waals surface area contributed by atoms with Crippen molar-refractivity contribution in [3.05, 3.63) is 64.6 Å². The summed E-state index contributed by atoms with van der Waals surface area (Å²) in [7, 11) is 1.81. The molecule has 0 saturated heterocycles. The van der Waals surface area contributed by atoms with Gasteiger partial charge >= 0.3 is 0 Å². The van der Waals surface area contributed by atoms with Crippen molar-refractivity contribution in [2.45, 2.75) is 0 Å². The Labute approximate surface area is 162 Å². The second-order valence-corrected chi connectivity index (χ2v) is 7.14. The molecule has 4 rings (SSSR count). The van der Waals surface area contributed by atoms with Gasteiger partial charge in [0.15, 0.2) is 17.4 Å². The van der Waals surface area contributed by atoms with Crippen LogP contribution >= 0.6 is 22.9 Å². The first-order valence-electron chi connectivity index (χ1n) is 7.82. The predicted molar refractivity (Wildman–Crippen MR) is 101 cm³/mol. The molecular weight excluding hydrogens is 391 g/mol. The summed E-state index contributed by atoms with van der Waals surface area (Å²) in [6, 6.07) is 10.1. The van der Waals surface area contributed by atoms with Gasteiger partial charge in [0.2, 0.25) is 0 Å². The number of anilines is 1. The Hall–Kier alpha value is -2.97. The molecule has 6 nitrogen and oxygen atoms in total. The van der Waals surface area contributed by atoms with Gasteiger partial charge < -0.3 is 9.73 Å². The minimum atomic E-state index is -0.692. The van der Waals surface area contributed by atoms with Crippen molar-refractivity contribution < 1.29 is 13.6 Å². The summed E-state index contributed by atoms with van der Waals surface area (Å²) >= 11 is 6.93. The van der Waals surface area contributed by atoms with E-state index in [-0.39, 0.29) is 10.8 Å². The van der Waals surface area contributed by atoms with E-state index in [1.807, 2.05) is 25.2 Å². The quantitative estimate of drug-likeness (QED) is 0.529. The van der Waals surface area contributed by atoms with E-state index in [9.17, 15) is 9.18 Å². The van der Waals surface area contributed by atoms with E-state index >= 15 is 0 Å².